The van der Waals surface area contributed by atoms with Crippen molar-refractivity contribution in [3.63, 3.8) is 0 Å². The van der Waals surface area contributed by atoms with Crippen molar-refractivity contribution in [3.8, 4) is 0 Å². The summed E-state index contributed by atoms with van der Waals surface area (Å²) in [6.45, 7) is 2.66. The van der Waals surface area contributed by atoms with Crippen LogP contribution in [0.2, 0.25) is 0 Å². The number of nitrogens with zero attached hydrogens (tertiary/aromatic N) is 1. The summed E-state index contributed by atoms with van der Waals surface area (Å²) in [6.07, 6.45) is 0.566. The number of carbonyl (C=O) groups is 1. The zero-order valence-corrected chi connectivity index (χ0v) is 11.1. The highest BCUT2D eigenvalue weighted by atomic mass is 19.1. The SMILES string of the molecule is Cc1ccc(CN(C)c2cccc(F)c2C=O)cc1. The summed E-state index contributed by atoms with van der Waals surface area (Å²) < 4.78 is 13.5. The lowest BCUT2D eigenvalue weighted by Crippen LogP contribution is -2.18. The third-order valence-electron chi connectivity index (χ3n) is 3.10. The normalized spacial score (nSPS) is 10.3. The Balaban J connectivity index is 2.25. The number of hydrogen-bond acceptors (Lipinski definition) is 2. The molecule has 0 aliphatic carbocycles. The van der Waals surface area contributed by atoms with E-state index >= 15 is 0 Å². The highest BCUT2D eigenvalue weighted by Crippen LogP contribution is 2.22. The minimum atomic E-state index is -0.483. The summed E-state index contributed by atoms with van der Waals surface area (Å²) >= 11 is 0. The summed E-state index contributed by atoms with van der Waals surface area (Å²) in [6, 6.07) is 12.8. The van der Waals surface area contributed by atoms with Crippen molar-refractivity contribution in [1.29, 1.82) is 0 Å². The van der Waals surface area contributed by atoms with E-state index in [-0.39, 0.29) is 5.56 Å². The van der Waals surface area contributed by atoms with Gasteiger partial charge in [-0.05, 0) is 24.6 Å². The minimum absolute atomic E-state index is 0.108. The first kappa shape index (κ1) is 13.3. The third kappa shape index (κ3) is 2.99. The molecule has 98 valence electrons. The number of benzene rings is 2. The Labute approximate surface area is 112 Å². The monoisotopic (exact) mass is 257 g/mol. The molecule has 0 spiro atoms. The molecule has 2 aromatic rings. The highest BCUT2D eigenvalue weighted by molar-refractivity contribution is 5.84. The van der Waals surface area contributed by atoms with Crippen molar-refractivity contribution in [3.05, 3.63) is 65.0 Å². The Morgan fingerprint density at radius 3 is 2.47 bits per heavy atom. The van der Waals surface area contributed by atoms with Crippen LogP contribution < -0.4 is 4.90 Å². The van der Waals surface area contributed by atoms with Crippen LogP contribution >= 0.6 is 0 Å². The van der Waals surface area contributed by atoms with Crippen LogP contribution in [0.25, 0.3) is 0 Å². The molecule has 3 heteroatoms. The summed E-state index contributed by atoms with van der Waals surface area (Å²) in [4.78, 5) is 12.9. The number of hydrogen-bond donors (Lipinski definition) is 0. The summed E-state index contributed by atoms with van der Waals surface area (Å²) in [5, 5.41) is 0. The zero-order chi connectivity index (χ0) is 13.8. The molecule has 0 saturated heterocycles. The molecule has 0 aliphatic rings. The van der Waals surface area contributed by atoms with Crippen molar-refractivity contribution in [2.75, 3.05) is 11.9 Å². The predicted octanol–water partition coefficient (Wildman–Crippen LogP) is 3.58. The Morgan fingerprint density at radius 1 is 1.16 bits per heavy atom. The molecule has 2 rings (SSSR count). The summed E-state index contributed by atoms with van der Waals surface area (Å²) in [7, 11) is 1.85. The van der Waals surface area contributed by atoms with Gasteiger partial charge in [-0.2, -0.15) is 0 Å². The molecule has 0 N–H and O–H groups in total. The number of aryl methyl sites for hydroxylation is 1. The van der Waals surface area contributed by atoms with E-state index in [1.165, 1.54) is 11.6 Å². The topological polar surface area (TPSA) is 20.3 Å². The maximum atomic E-state index is 13.5. The Morgan fingerprint density at radius 2 is 1.84 bits per heavy atom. The lowest BCUT2D eigenvalue weighted by Gasteiger charge is -2.21. The lowest BCUT2D eigenvalue weighted by atomic mass is 10.1. The first-order chi connectivity index (χ1) is 9.11. The number of halogens is 1. The van der Waals surface area contributed by atoms with E-state index in [2.05, 4.69) is 0 Å². The number of carbonyl (C=O) groups excluding carboxylic acids is 1. The molecule has 2 nitrogen and oxygen atoms in total. The molecule has 0 unspecified atom stereocenters. The van der Waals surface area contributed by atoms with Gasteiger partial charge in [-0.1, -0.05) is 35.9 Å². The van der Waals surface area contributed by atoms with Gasteiger partial charge in [0.15, 0.2) is 6.29 Å². The van der Waals surface area contributed by atoms with E-state index in [0.29, 0.717) is 18.5 Å². The van der Waals surface area contributed by atoms with Crippen molar-refractivity contribution in [2.45, 2.75) is 13.5 Å². The van der Waals surface area contributed by atoms with Crippen LogP contribution in [0.1, 0.15) is 21.5 Å². The lowest BCUT2D eigenvalue weighted by molar-refractivity contribution is 0.112. The van der Waals surface area contributed by atoms with Crippen molar-refractivity contribution >= 4 is 12.0 Å². The van der Waals surface area contributed by atoms with Gasteiger partial charge in [0, 0.05) is 13.6 Å². The van der Waals surface area contributed by atoms with Gasteiger partial charge in [-0.3, -0.25) is 4.79 Å². The van der Waals surface area contributed by atoms with E-state index in [1.54, 1.807) is 12.1 Å². The van der Waals surface area contributed by atoms with Crippen molar-refractivity contribution in [1.82, 2.24) is 0 Å². The first-order valence-corrected chi connectivity index (χ1v) is 6.12. The fourth-order valence-corrected chi connectivity index (χ4v) is 2.03. The van der Waals surface area contributed by atoms with Crippen LogP contribution in [-0.4, -0.2) is 13.3 Å². The van der Waals surface area contributed by atoms with Crippen LogP contribution in [0.5, 0.6) is 0 Å². The number of aldehydes is 1. The molecule has 0 fully saturated rings. The van der Waals surface area contributed by atoms with Crippen LogP contribution in [0.4, 0.5) is 10.1 Å². The molecule has 19 heavy (non-hydrogen) atoms. The molecular formula is C16H16FNO. The Kier molecular flexibility index (Phi) is 3.95. The zero-order valence-electron chi connectivity index (χ0n) is 11.1. The van der Waals surface area contributed by atoms with Crippen LogP contribution in [0.15, 0.2) is 42.5 Å². The van der Waals surface area contributed by atoms with Crippen LogP contribution in [-0.2, 0) is 6.54 Å². The second-order valence-corrected chi connectivity index (χ2v) is 4.63. The van der Waals surface area contributed by atoms with Gasteiger partial charge in [-0.15, -0.1) is 0 Å². The molecule has 0 saturated carbocycles. The van der Waals surface area contributed by atoms with Gasteiger partial charge in [0.1, 0.15) is 5.82 Å². The molecule has 0 aliphatic heterocycles. The van der Waals surface area contributed by atoms with E-state index < -0.39 is 5.82 Å². The smallest absolute Gasteiger partial charge is 0.155 e. The van der Waals surface area contributed by atoms with Gasteiger partial charge < -0.3 is 4.90 Å². The van der Waals surface area contributed by atoms with E-state index in [4.69, 9.17) is 0 Å². The summed E-state index contributed by atoms with van der Waals surface area (Å²) in [5.41, 5.74) is 3.03. The van der Waals surface area contributed by atoms with E-state index in [0.717, 1.165) is 5.56 Å². The maximum Gasteiger partial charge on any atom is 0.155 e. The second-order valence-electron chi connectivity index (χ2n) is 4.63. The standard InChI is InChI=1S/C16H16FNO/c1-12-6-8-13(9-7-12)10-18(2)16-5-3-4-15(17)14(16)11-19/h3-9,11H,10H2,1-2H3. The van der Waals surface area contributed by atoms with Gasteiger partial charge in [0.2, 0.25) is 0 Å². The third-order valence-corrected chi connectivity index (χ3v) is 3.10. The van der Waals surface area contributed by atoms with E-state index in [1.807, 2.05) is 43.1 Å². The molecular weight excluding hydrogens is 241 g/mol. The average molecular weight is 257 g/mol. The Hall–Kier alpha value is -2.16. The maximum absolute atomic E-state index is 13.5. The fourth-order valence-electron chi connectivity index (χ4n) is 2.03. The first-order valence-electron chi connectivity index (χ1n) is 6.12. The average Bonchev–Trinajstić information content (AvgIpc) is 2.41. The van der Waals surface area contributed by atoms with Crippen molar-refractivity contribution < 1.29 is 9.18 Å². The molecule has 0 radical (unpaired) electrons. The van der Waals surface area contributed by atoms with Gasteiger partial charge >= 0.3 is 0 Å². The van der Waals surface area contributed by atoms with E-state index in [9.17, 15) is 9.18 Å². The number of anilines is 1. The van der Waals surface area contributed by atoms with Crippen molar-refractivity contribution in [2.24, 2.45) is 0 Å². The predicted molar refractivity (Wildman–Crippen MR) is 75.1 cm³/mol. The number of rotatable bonds is 4. The second kappa shape index (κ2) is 5.65. The molecule has 2 aromatic carbocycles. The molecule has 0 amide bonds. The van der Waals surface area contributed by atoms with Gasteiger partial charge in [0.05, 0.1) is 11.3 Å². The quantitative estimate of drug-likeness (QED) is 0.780. The molecule has 0 bridgehead atoms. The van der Waals surface area contributed by atoms with Gasteiger partial charge in [0.25, 0.3) is 0 Å². The fraction of sp³-hybridized carbons (Fsp3) is 0.188. The Bertz CT molecular complexity index is 578. The molecule has 0 aromatic heterocycles. The van der Waals surface area contributed by atoms with Crippen LogP contribution in [0, 0.1) is 12.7 Å². The van der Waals surface area contributed by atoms with Crippen LogP contribution in [0.3, 0.4) is 0 Å². The highest BCUT2D eigenvalue weighted by Gasteiger charge is 2.11. The molecule has 0 atom stereocenters. The van der Waals surface area contributed by atoms with Gasteiger partial charge in [-0.25, -0.2) is 4.39 Å². The largest absolute Gasteiger partial charge is 0.370 e. The molecule has 0 heterocycles. The minimum Gasteiger partial charge on any atom is -0.370 e. The summed E-state index contributed by atoms with van der Waals surface area (Å²) in [5.74, 6) is -0.483.